The van der Waals surface area contributed by atoms with Crippen molar-refractivity contribution >= 4 is 18.1 Å². The van der Waals surface area contributed by atoms with Gasteiger partial charge in [0.05, 0.1) is 11.3 Å². The van der Waals surface area contributed by atoms with Crippen LogP contribution < -0.4 is 4.90 Å². The molecule has 0 aromatic heterocycles. The van der Waals surface area contributed by atoms with Crippen molar-refractivity contribution in [2.45, 2.75) is 26.4 Å². The van der Waals surface area contributed by atoms with Gasteiger partial charge in [0, 0.05) is 32.2 Å². The first-order valence-electron chi connectivity index (χ1n) is 7.38. The van der Waals surface area contributed by atoms with Crippen LogP contribution >= 0.6 is 0 Å². The van der Waals surface area contributed by atoms with E-state index in [-0.39, 0.29) is 11.3 Å². The molecule has 7 heteroatoms. The van der Waals surface area contributed by atoms with Crippen LogP contribution in [0.5, 0.6) is 0 Å². The van der Waals surface area contributed by atoms with Crippen molar-refractivity contribution in [3.8, 4) is 0 Å². The third-order valence-corrected chi connectivity index (χ3v) is 3.46. The molecule has 1 aromatic rings. The number of aldehydes is 1. The number of hydrogen-bond donors (Lipinski definition) is 0. The summed E-state index contributed by atoms with van der Waals surface area (Å²) < 4.78 is 32.4. The summed E-state index contributed by atoms with van der Waals surface area (Å²) in [6.45, 7) is 6.79. The van der Waals surface area contributed by atoms with Crippen LogP contribution in [0.3, 0.4) is 0 Å². The third-order valence-electron chi connectivity index (χ3n) is 3.46. The Morgan fingerprint density at radius 1 is 1.17 bits per heavy atom. The number of carbonyl (C=O) groups excluding carboxylic acids is 2. The number of ether oxygens (including phenoxy) is 1. The van der Waals surface area contributed by atoms with Crippen molar-refractivity contribution in [3.05, 3.63) is 29.3 Å². The summed E-state index contributed by atoms with van der Waals surface area (Å²) in [5.41, 5.74) is -0.539. The van der Waals surface area contributed by atoms with Gasteiger partial charge in [-0.05, 0) is 26.8 Å². The van der Waals surface area contributed by atoms with E-state index in [0.717, 1.165) is 6.07 Å². The Morgan fingerprint density at radius 2 is 1.78 bits per heavy atom. The maximum atomic E-state index is 13.7. The van der Waals surface area contributed by atoms with E-state index in [4.69, 9.17) is 4.74 Å². The molecular formula is C16H20F2N2O3. The zero-order valence-electron chi connectivity index (χ0n) is 13.4. The van der Waals surface area contributed by atoms with Crippen LogP contribution in [-0.4, -0.2) is 49.1 Å². The standard InChI is InChI=1S/C16H20F2N2O3/c1-16(2,3)23-15(22)20-6-4-19(5-7-20)14-9-11(17)8-13(18)12(14)10-21/h8-10H,4-7H2,1-3H3. The highest BCUT2D eigenvalue weighted by Crippen LogP contribution is 2.25. The van der Waals surface area contributed by atoms with E-state index < -0.39 is 23.3 Å². The molecule has 0 atom stereocenters. The van der Waals surface area contributed by atoms with Crippen LogP contribution in [0, 0.1) is 11.6 Å². The Kier molecular flexibility index (Phi) is 4.87. The number of amides is 1. The molecule has 1 fully saturated rings. The van der Waals surface area contributed by atoms with Gasteiger partial charge in [0.15, 0.2) is 6.29 Å². The summed E-state index contributed by atoms with van der Waals surface area (Å²) in [4.78, 5) is 26.3. The number of carbonyl (C=O) groups is 2. The molecule has 1 aliphatic heterocycles. The summed E-state index contributed by atoms with van der Waals surface area (Å²) in [6.07, 6.45) is -0.0390. The SMILES string of the molecule is CC(C)(C)OC(=O)N1CCN(c2cc(F)cc(F)c2C=O)CC1. The summed E-state index contributed by atoms with van der Waals surface area (Å²) in [6, 6.07) is 1.82. The lowest BCUT2D eigenvalue weighted by Crippen LogP contribution is -2.50. The van der Waals surface area contributed by atoms with Gasteiger partial charge in [-0.1, -0.05) is 0 Å². The number of benzene rings is 1. The van der Waals surface area contributed by atoms with Crippen molar-refractivity contribution < 1.29 is 23.1 Å². The number of nitrogens with zero attached hydrogens (tertiary/aromatic N) is 2. The average molecular weight is 326 g/mol. The molecule has 0 saturated carbocycles. The molecule has 1 heterocycles. The minimum Gasteiger partial charge on any atom is -0.444 e. The third kappa shape index (κ3) is 4.18. The van der Waals surface area contributed by atoms with Crippen molar-refractivity contribution in [2.75, 3.05) is 31.1 Å². The molecule has 0 N–H and O–H groups in total. The fraction of sp³-hybridized carbons (Fsp3) is 0.500. The maximum Gasteiger partial charge on any atom is 0.410 e. The van der Waals surface area contributed by atoms with E-state index in [1.807, 2.05) is 0 Å². The topological polar surface area (TPSA) is 49.9 Å². The van der Waals surface area contributed by atoms with E-state index in [9.17, 15) is 18.4 Å². The van der Waals surface area contributed by atoms with Gasteiger partial charge in [-0.3, -0.25) is 4.79 Å². The predicted molar refractivity (Wildman–Crippen MR) is 81.8 cm³/mol. The molecule has 0 aliphatic carbocycles. The fourth-order valence-corrected chi connectivity index (χ4v) is 2.41. The Morgan fingerprint density at radius 3 is 2.30 bits per heavy atom. The van der Waals surface area contributed by atoms with Gasteiger partial charge in [0.25, 0.3) is 0 Å². The fourth-order valence-electron chi connectivity index (χ4n) is 2.41. The van der Waals surface area contributed by atoms with E-state index in [1.165, 1.54) is 4.90 Å². The molecule has 5 nitrogen and oxygen atoms in total. The molecular weight excluding hydrogens is 306 g/mol. The molecule has 1 aromatic carbocycles. The number of rotatable bonds is 2. The molecule has 1 aliphatic rings. The van der Waals surface area contributed by atoms with Gasteiger partial charge in [-0.25, -0.2) is 13.6 Å². The van der Waals surface area contributed by atoms with Gasteiger partial charge in [-0.15, -0.1) is 0 Å². The maximum absolute atomic E-state index is 13.7. The lowest BCUT2D eigenvalue weighted by molar-refractivity contribution is 0.0240. The highest BCUT2D eigenvalue weighted by atomic mass is 19.1. The highest BCUT2D eigenvalue weighted by molar-refractivity contribution is 5.85. The molecule has 0 unspecified atom stereocenters. The highest BCUT2D eigenvalue weighted by Gasteiger charge is 2.27. The normalized spacial score (nSPS) is 15.5. The van der Waals surface area contributed by atoms with Crippen LogP contribution in [0.2, 0.25) is 0 Å². The molecule has 0 spiro atoms. The zero-order valence-corrected chi connectivity index (χ0v) is 13.4. The second-order valence-electron chi connectivity index (χ2n) is 6.39. The Balaban J connectivity index is 2.08. The van der Waals surface area contributed by atoms with Crippen LogP contribution in [-0.2, 0) is 4.74 Å². The van der Waals surface area contributed by atoms with Gasteiger partial charge < -0.3 is 14.5 Å². The predicted octanol–water partition coefficient (Wildman–Crippen LogP) is 2.83. The van der Waals surface area contributed by atoms with Crippen LogP contribution in [0.4, 0.5) is 19.3 Å². The van der Waals surface area contributed by atoms with E-state index in [0.29, 0.717) is 38.5 Å². The number of piperazine rings is 1. The summed E-state index contributed by atoms with van der Waals surface area (Å²) in [5.74, 6) is -1.62. The van der Waals surface area contributed by atoms with Gasteiger partial charge in [0.2, 0.25) is 0 Å². The molecule has 0 radical (unpaired) electrons. The van der Waals surface area contributed by atoms with Crippen molar-refractivity contribution in [3.63, 3.8) is 0 Å². The first kappa shape index (κ1) is 17.2. The van der Waals surface area contributed by atoms with Gasteiger partial charge >= 0.3 is 6.09 Å². The lowest BCUT2D eigenvalue weighted by Gasteiger charge is -2.37. The molecule has 2 rings (SSSR count). The van der Waals surface area contributed by atoms with Crippen LogP contribution in [0.25, 0.3) is 0 Å². The molecule has 126 valence electrons. The van der Waals surface area contributed by atoms with Crippen LogP contribution in [0.15, 0.2) is 12.1 Å². The minimum absolute atomic E-state index is 0.169. The van der Waals surface area contributed by atoms with E-state index in [2.05, 4.69) is 0 Å². The van der Waals surface area contributed by atoms with E-state index in [1.54, 1.807) is 25.7 Å². The Bertz CT molecular complexity index is 606. The van der Waals surface area contributed by atoms with E-state index >= 15 is 0 Å². The van der Waals surface area contributed by atoms with Crippen LogP contribution in [0.1, 0.15) is 31.1 Å². The molecule has 1 amide bonds. The lowest BCUT2D eigenvalue weighted by atomic mass is 10.1. The van der Waals surface area contributed by atoms with Crippen molar-refractivity contribution in [2.24, 2.45) is 0 Å². The zero-order chi connectivity index (χ0) is 17.2. The molecule has 23 heavy (non-hydrogen) atoms. The quantitative estimate of drug-likeness (QED) is 0.784. The summed E-state index contributed by atoms with van der Waals surface area (Å²) >= 11 is 0. The first-order chi connectivity index (χ1) is 10.7. The second kappa shape index (κ2) is 6.52. The molecule has 1 saturated heterocycles. The first-order valence-corrected chi connectivity index (χ1v) is 7.38. The summed E-state index contributed by atoms with van der Waals surface area (Å²) in [5, 5.41) is 0. The minimum atomic E-state index is -0.885. The smallest absolute Gasteiger partial charge is 0.410 e. The Hall–Kier alpha value is -2.18. The number of halogens is 2. The average Bonchev–Trinajstić information content (AvgIpc) is 2.45. The van der Waals surface area contributed by atoms with Crippen molar-refractivity contribution in [1.29, 1.82) is 0 Å². The van der Waals surface area contributed by atoms with Gasteiger partial charge in [-0.2, -0.15) is 0 Å². The monoisotopic (exact) mass is 326 g/mol. The summed E-state index contributed by atoms with van der Waals surface area (Å²) in [7, 11) is 0. The number of hydrogen-bond acceptors (Lipinski definition) is 4. The number of anilines is 1. The van der Waals surface area contributed by atoms with Gasteiger partial charge in [0.1, 0.15) is 17.2 Å². The molecule has 0 bridgehead atoms. The largest absolute Gasteiger partial charge is 0.444 e. The second-order valence-corrected chi connectivity index (χ2v) is 6.39. The van der Waals surface area contributed by atoms with Crippen molar-refractivity contribution in [1.82, 2.24) is 4.90 Å². The Labute approximate surface area is 133 Å².